The van der Waals surface area contributed by atoms with E-state index in [-0.39, 0.29) is 6.61 Å². The van der Waals surface area contributed by atoms with E-state index in [1.807, 2.05) is 0 Å². The van der Waals surface area contributed by atoms with Gasteiger partial charge in [-0.05, 0) is 17.7 Å². The molecule has 0 bridgehead atoms. The van der Waals surface area contributed by atoms with E-state index in [1.165, 1.54) is 32.4 Å². The van der Waals surface area contributed by atoms with Gasteiger partial charge in [-0.2, -0.15) is 0 Å². The standard InChI is InChI=1S/C11H16O6/c1-8(13)17-10(14)5-4-9(7-12)6-11(10,15-2)16-3/h4-6,12,14H,7H2,1-3H3. The SMILES string of the molecule is COC1(OC)C=C(CO)C=CC1(O)OC(C)=O. The van der Waals surface area contributed by atoms with Crippen molar-refractivity contribution in [2.24, 2.45) is 0 Å². The van der Waals surface area contributed by atoms with Crippen LogP contribution in [0.1, 0.15) is 6.92 Å². The Balaban J connectivity index is 3.18. The lowest BCUT2D eigenvalue weighted by atomic mass is 9.95. The second-order valence-corrected chi connectivity index (χ2v) is 3.58. The molecule has 0 aromatic heterocycles. The van der Waals surface area contributed by atoms with Crippen molar-refractivity contribution in [1.82, 2.24) is 0 Å². The first kappa shape index (κ1) is 13.9. The molecule has 0 radical (unpaired) electrons. The molecule has 0 aromatic rings. The number of rotatable bonds is 4. The van der Waals surface area contributed by atoms with Crippen molar-refractivity contribution >= 4 is 5.97 Å². The molecular weight excluding hydrogens is 228 g/mol. The highest BCUT2D eigenvalue weighted by Gasteiger charge is 2.54. The number of carbonyl (C=O) groups excluding carboxylic acids is 1. The third-order valence-corrected chi connectivity index (χ3v) is 2.49. The van der Waals surface area contributed by atoms with Gasteiger partial charge < -0.3 is 24.4 Å². The van der Waals surface area contributed by atoms with Crippen LogP contribution in [0.15, 0.2) is 23.8 Å². The van der Waals surface area contributed by atoms with Gasteiger partial charge in [-0.3, -0.25) is 4.79 Å². The summed E-state index contributed by atoms with van der Waals surface area (Å²) in [6, 6.07) is 0. The van der Waals surface area contributed by atoms with Gasteiger partial charge in [0.15, 0.2) is 0 Å². The smallest absolute Gasteiger partial charge is 0.305 e. The van der Waals surface area contributed by atoms with Crippen LogP contribution in [0, 0.1) is 0 Å². The number of methoxy groups -OCH3 is 2. The molecule has 0 saturated heterocycles. The summed E-state index contributed by atoms with van der Waals surface area (Å²) >= 11 is 0. The minimum Gasteiger partial charge on any atom is -0.423 e. The summed E-state index contributed by atoms with van der Waals surface area (Å²) in [6.07, 6.45) is 3.99. The largest absolute Gasteiger partial charge is 0.423 e. The molecule has 6 heteroatoms. The highest BCUT2D eigenvalue weighted by atomic mass is 16.8. The highest BCUT2D eigenvalue weighted by Crippen LogP contribution is 2.35. The number of aliphatic hydroxyl groups excluding tert-OH is 1. The molecule has 0 amide bonds. The zero-order valence-electron chi connectivity index (χ0n) is 9.97. The summed E-state index contributed by atoms with van der Waals surface area (Å²) in [6.45, 7) is 0.911. The molecular formula is C11H16O6. The lowest BCUT2D eigenvalue weighted by molar-refractivity contribution is -0.331. The summed E-state index contributed by atoms with van der Waals surface area (Å²) in [7, 11) is 2.59. The number of aliphatic hydroxyl groups is 2. The zero-order chi connectivity index (χ0) is 13.1. The van der Waals surface area contributed by atoms with Crippen LogP contribution in [0.2, 0.25) is 0 Å². The van der Waals surface area contributed by atoms with Crippen LogP contribution in [-0.2, 0) is 19.0 Å². The Kier molecular flexibility index (Phi) is 4.05. The second-order valence-electron chi connectivity index (χ2n) is 3.58. The maximum absolute atomic E-state index is 11.0. The molecule has 1 aliphatic rings. The van der Waals surface area contributed by atoms with E-state index in [9.17, 15) is 9.90 Å². The van der Waals surface area contributed by atoms with E-state index in [1.54, 1.807) is 0 Å². The number of hydrogen-bond donors (Lipinski definition) is 2. The Morgan fingerprint density at radius 2 is 2.00 bits per heavy atom. The van der Waals surface area contributed by atoms with E-state index in [4.69, 9.17) is 19.3 Å². The average Bonchev–Trinajstić information content (AvgIpc) is 2.29. The van der Waals surface area contributed by atoms with Crippen LogP contribution in [0.5, 0.6) is 0 Å². The van der Waals surface area contributed by atoms with Crippen molar-refractivity contribution in [2.45, 2.75) is 18.5 Å². The number of carbonyl (C=O) groups is 1. The predicted molar refractivity (Wildman–Crippen MR) is 57.8 cm³/mol. The maximum atomic E-state index is 11.0. The van der Waals surface area contributed by atoms with E-state index in [2.05, 4.69) is 0 Å². The van der Waals surface area contributed by atoms with Crippen molar-refractivity contribution in [2.75, 3.05) is 20.8 Å². The van der Waals surface area contributed by atoms with Gasteiger partial charge in [0.2, 0.25) is 0 Å². The molecule has 0 saturated carbocycles. The van der Waals surface area contributed by atoms with Crippen molar-refractivity contribution in [3.8, 4) is 0 Å². The molecule has 0 aliphatic heterocycles. The molecule has 0 fully saturated rings. The molecule has 1 aliphatic carbocycles. The van der Waals surface area contributed by atoms with Gasteiger partial charge in [0.25, 0.3) is 11.6 Å². The van der Waals surface area contributed by atoms with E-state index < -0.39 is 17.5 Å². The average molecular weight is 244 g/mol. The van der Waals surface area contributed by atoms with Gasteiger partial charge in [-0.25, -0.2) is 0 Å². The molecule has 0 aromatic carbocycles. The minimum absolute atomic E-state index is 0.249. The van der Waals surface area contributed by atoms with Crippen LogP contribution in [-0.4, -0.2) is 48.6 Å². The Morgan fingerprint density at radius 3 is 2.41 bits per heavy atom. The number of esters is 1. The monoisotopic (exact) mass is 244 g/mol. The van der Waals surface area contributed by atoms with Crippen molar-refractivity contribution in [3.05, 3.63) is 23.8 Å². The molecule has 17 heavy (non-hydrogen) atoms. The number of hydrogen-bond acceptors (Lipinski definition) is 6. The fourth-order valence-electron chi connectivity index (χ4n) is 1.65. The third-order valence-electron chi connectivity index (χ3n) is 2.49. The van der Waals surface area contributed by atoms with E-state index in [0.717, 1.165) is 6.92 Å². The first-order valence-corrected chi connectivity index (χ1v) is 4.97. The Morgan fingerprint density at radius 1 is 1.41 bits per heavy atom. The fourth-order valence-corrected chi connectivity index (χ4v) is 1.65. The first-order chi connectivity index (χ1) is 7.93. The van der Waals surface area contributed by atoms with Crippen LogP contribution < -0.4 is 0 Å². The van der Waals surface area contributed by atoms with Crippen LogP contribution in [0.3, 0.4) is 0 Å². The van der Waals surface area contributed by atoms with Crippen LogP contribution in [0.25, 0.3) is 0 Å². The molecule has 1 rings (SSSR count). The van der Waals surface area contributed by atoms with Crippen LogP contribution >= 0.6 is 0 Å². The topological polar surface area (TPSA) is 85.2 Å². The Labute approximate surface area is 99.1 Å². The predicted octanol–water partition coefficient (Wildman–Crippen LogP) is -0.284. The lowest BCUT2D eigenvalue weighted by Crippen LogP contribution is -2.58. The summed E-state index contributed by atoms with van der Waals surface area (Å²) in [5.41, 5.74) is 0.477. The number of ether oxygens (including phenoxy) is 3. The second kappa shape index (κ2) is 4.97. The normalized spacial score (nSPS) is 26.5. The van der Waals surface area contributed by atoms with E-state index in [0.29, 0.717) is 5.57 Å². The quantitative estimate of drug-likeness (QED) is 0.522. The van der Waals surface area contributed by atoms with Gasteiger partial charge in [0, 0.05) is 21.1 Å². The van der Waals surface area contributed by atoms with Crippen LogP contribution in [0.4, 0.5) is 0 Å². The molecule has 0 spiro atoms. The Hall–Kier alpha value is -1.21. The van der Waals surface area contributed by atoms with Gasteiger partial charge in [0.05, 0.1) is 6.61 Å². The molecule has 1 unspecified atom stereocenters. The van der Waals surface area contributed by atoms with Crippen molar-refractivity contribution in [3.63, 3.8) is 0 Å². The highest BCUT2D eigenvalue weighted by molar-refractivity contribution is 5.67. The van der Waals surface area contributed by atoms with Gasteiger partial charge in [0.1, 0.15) is 0 Å². The van der Waals surface area contributed by atoms with Gasteiger partial charge >= 0.3 is 5.97 Å². The third kappa shape index (κ3) is 2.39. The molecule has 2 N–H and O–H groups in total. The first-order valence-electron chi connectivity index (χ1n) is 4.97. The summed E-state index contributed by atoms with van der Waals surface area (Å²) < 4.78 is 15.0. The zero-order valence-corrected chi connectivity index (χ0v) is 9.97. The summed E-state index contributed by atoms with van der Waals surface area (Å²) in [5.74, 6) is -4.43. The molecule has 96 valence electrons. The fraction of sp³-hybridized carbons (Fsp3) is 0.545. The van der Waals surface area contributed by atoms with E-state index >= 15 is 0 Å². The maximum Gasteiger partial charge on any atom is 0.305 e. The van der Waals surface area contributed by atoms with Gasteiger partial charge in [-0.15, -0.1) is 0 Å². The minimum atomic E-state index is -2.07. The van der Waals surface area contributed by atoms with Crippen molar-refractivity contribution in [1.29, 1.82) is 0 Å². The summed E-state index contributed by atoms with van der Waals surface area (Å²) in [5, 5.41) is 19.3. The Bertz CT molecular complexity index is 355. The lowest BCUT2D eigenvalue weighted by Gasteiger charge is -2.41. The molecule has 6 nitrogen and oxygen atoms in total. The van der Waals surface area contributed by atoms with Gasteiger partial charge in [-0.1, -0.05) is 6.08 Å². The summed E-state index contributed by atoms with van der Waals surface area (Å²) in [4.78, 5) is 11.0. The molecule has 1 atom stereocenters. The molecule has 0 heterocycles. The van der Waals surface area contributed by atoms with Crippen molar-refractivity contribution < 1.29 is 29.2 Å².